The van der Waals surface area contributed by atoms with E-state index in [0.29, 0.717) is 6.61 Å². The van der Waals surface area contributed by atoms with Gasteiger partial charge in [0.1, 0.15) is 0 Å². The summed E-state index contributed by atoms with van der Waals surface area (Å²) in [4.78, 5) is 0. The maximum absolute atomic E-state index is 5.46. The number of hydrogen-bond donors (Lipinski definition) is 1. The van der Waals surface area contributed by atoms with Gasteiger partial charge < -0.3 is 4.74 Å². The van der Waals surface area contributed by atoms with E-state index in [4.69, 9.17) is 4.74 Å². The molecule has 0 atom stereocenters. The van der Waals surface area contributed by atoms with Crippen LogP contribution in [0.25, 0.3) is 0 Å². The largest absolute Gasteiger partial charge is 0.490 e. The summed E-state index contributed by atoms with van der Waals surface area (Å²) >= 11 is 0. The molecule has 1 aromatic heterocycles. The molecule has 1 heterocycles. The molecule has 0 bridgehead atoms. The Morgan fingerprint density at radius 3 is 2.79 bits per heavy atom. The first-order chi connectivity index (χ1) is 6.95. The molecule has 0 radical (unpaired) electrons. The van der Waals surface area contributed by atoms with E-state index in [1.165, 1.54) is 5.56 Å². The predicted molar refractivity (Wildman–Crippen MR) is 54.2 cm³/mol. The van der Waals surface area contributed by atoms with Crippen molar-refractivity contribution in [1.29, 1.82) is 0 Å². The van der Waals surface area contributed by atoms with Crippen molar-refractivity contribution < 1.29 is 4.74 Å². The van der Waals surface area contributed by atoms with Crippen LogP contribution in [-0.4, -0.2) is 16.8 Å². The molecule has 0 unspecified atom stereocenters. The number of nitrogens with one attached hydrogen (secondary N) is 1. The maximum atomic E-state index is 5.46. The predicted octanol–water partition coefficient (Wildman–Crippen LogP) is 2.03. The molecule has 0 saturated carbocycles. The van der Waals surface area contributed by atoms with Gasteiger partial charge in [-0.1, -0.05) is 30.3 Å². The number of nitrogens with zero attached hydrogens (tertiary/aromatic N) is 1. The van der Waals surface area contributed by atoms with E-state index in [9.17, 15) is 0 Å². The molecule has 3 nitrogen and oxygen atoms in total. The van der Waals surface area contributed by atoms with Gasteiger partial charge >= 0.3 is 0 Å². The summed E-state index contributed by atoms with van der Waals surface area (Å²) in [5, 5.41) is 6.50. The minimum absolute atomic E-state index is 0.684. The van der Waals surface area contributed by atoms with Gasteiger partial charge in [-0.05, 0) is 5.56 Å². The van der Waals surface area contributed by atoms with Gasteiger partial charge in [-0.3, -0.25) is 5.10 Å². The number of hydrogen-bond acceptors (Lipinski definition) is 2. The second kappa shape index (κ2) is 4.46. The summed E-state index contributed by atoms with van der Waals surface area (Å²) in [7, 11) is 0. The molecule has 0 aliphatic carbocycles. The van der Waals surface area contributed by atoms with E-state index >= 15 is 0 Å². The van der Waals surface area contributed by atoms with Crippen molar-refractivity contribution in [1.82, 2.24) is 10.2 Å². The monoisotopic (exact) mass is 188 g/mol. The van der Waals surface area contributed by atoms with Gasteiger partial charge in [0.25, 0.3) is 0 Å². The zero-order valence-corrected chi connectivity index (χ0v) is 7.81. The highest BCUT2D eigenvalue weighted by Gasteiger charge is 1.94. The number of aromatic nitrogens is 2. The molecule has 0 spiro atoms. The average Bonchev–Trinajstić information content (AvgIpc) is 2.72. The quantitative estimate of drug-likeness (QED) is 0.797. The molecule has 0 amide bonds. The van der Waals surface area contributed by atoms with Gasteiger partial charge in [-0.25, -0.2) is 0 Å². The van der Waals surface area contributed by atoms with Gasteiger partial charge in [0.2, 0.25) is 0 Å². The molecule has 14 heavy (non-hydrogen) atoms. The van der Waals surface area contributed by atoms with Crippen LogP contribution in [0.15, 0.2) is 42.7 Å². The Bertz CT molecular complexity index is 356. The maximum Gasteiger partial charge on any atom is 0.156 e. The van der Waals surface area contributed by atoms with Gasteiger partial charge in [-0.15, -0.1) is 0 Å². The van der Waals surface area contributed by atoms with E-state index in [1.54, 1.807) is 12.4 Å². The number of aromatic amines is 1. The smallest absolute Gasteiger partial charge is 0.156 e. The molecule has 72 valence electrons. The van der Waals surface area contributed by atoms with Crippen LogP contribution in [0.4, 0.5) is 0 Å². The van der Waals surface area contributed by atoms with Crippen LogP contribution in [0.2, 0.25) is 0 Å². The van der Waals surface area contributed by atoms with Crippen LogP contribution in [0.5, 0.6) is 5.75 Å². The van der Waals surface area contributed by atoms with Crippen LogP contribution in [-0.2, 0) is 6.42 Å². The highest BCUT2D eigenvalue weighted by atomic mass is 16.5. The van der Waals surface area contributed by atoms with Gasteiger partial charge in [0, 0.05) is 6.42 Å². The van der Waals surface area contributed by atoms with E-state index in [2.05, 4.69) is 22.3 Å². The second-order valence-corrected chi connectivity index (χ2v) is 3.02. The third kappa shape index (κ3) is 2.36. The zero-order valence-electron chi connectivity index (χ0n) is 7.81. The Balaban J connectivity index is 1.79. The van der Waals surface area contributed by atoms with Crippen molar-refractivity contribution in [3.8, 4) is 5.75 Å². The Labute approximate surface area is 82.7 Å². The van der Waals surface area contributed by atoms with Crippen LogP contribution in [0, 0.1) is 0 Å². The van der Waals surface area contributed by atoms with Crippen molar-refractivity contribution in [2.45, 2.75) is 6.42 Å². The lowest BCUT2D eigenvalue weighted by molar-refractivity contribution is 0.322. The van der Waals surface area contributed by atoms with Gasteiger partial charge in [0.05, 0.1) is 19.0 Å². The minimum atomic E-state index is 0.684. The lowest BCUT2D eigenvalue weighted by Gasteiger charge is -2.02. The first kappa shape index (κ1) is 8.81. The highest BCUT2D eigenvalue weighted by molar-refractivity contribution is 5.15. The summed E-state index contributed by atoms with van der Waals surface area (Å²) in [6.45, 7) is 0.684. The SMILES string of the molecule is c1ccc(CCOc2cn[nH]c2)cc1. The molecule has 1 N–H and O–H groups in total. The number of ether oxygens (including phenoxy) is 1. The molecule has 0 aliphatic heterocycles. The van der Waals surface area contributed by atoms with Crippen LogP contribution >= 0.6 is 0 Å². The fourth-order valence-electron chi connectivity index (χ4n) is 1.25. The lowest BCUT2D eigenvalue weighted by atomic mass is 10.2. The second-order valence-electron chi connectivity index (χ2n) is 3.02. The van der Waals surface area contributed by atoms with Crippen molar-refractivity contribution in [3.63, 3.8) is 0 Å². The summed E-state index contributed by atoms with van der Waals surface area (Å²) in [5.74, 6) is 0.793. The van der Waals surface area contributed by atoms with Crippen LogP contribution in [0.1, 0.15) is 5.56 Å². The molecular weight excluding hydrogens is 176 g/mol. The fourth-order valence-corrected chi connectivity index (χ4v) is 1.25. The molecule has 0 fully saturated rings. The van der Waals surface area contributed by atoms with E-state index < -0.39 is 0 Å². The topological polar surface area (TPSA) is 37.9 Å². The Morgan fingerprint density at radius 2 is 2.07 bits per heavy atom. The Hall–Kier alpha value is -1.77. The van der Waals surface area contributed by atoms with Gasteiger partial charge in [-0.2, -0.15) is 5.10 Å². The molecule has 0 saturated heterocycles. The molecule has 0 aliphatic rings. The number of H-pyrrole nitrogens is 1. The van der Waals surface area contributed by atoms with Crippen molar-refractivity contribution >= 4 is 0 Å². The standard InChI is InChI=1S/C11H12N2O/c1-2-4-10(5-3-1)6-7-14-11-8-12-13-9-11/h1-5,8-9H,6-7H2,(H,12,13). The Morgan fingerprint density at radius 1 is 1.21 bits per heavy atom. The van der Waals surface area contributed by atoms with E-state index in [0.717, 1.165) is 12.2 Å². The average molecular weight is 188 g/mol. The van der Waals surface area contributed by atoms with Crippen molar-refractivity contribution in [2.75, 3.05) is 6.61 Å². The lowest BCUT2D eigenvalue weighted by Crippen LogP contribution is -2.00. The first-order valence-electron chi connectivity index (χ1n) is 4.60. The summed E-state index contributed by atoms with van der Waals surface area (Å²) < 4.78 is 5.46. The van der Waals surface area contributed by atoms with Crippen LogP contribution < -0.4 is 4.74 Å². The van der Waals surface area contributed by atoms with Crippen LogP contribution in [0.3, 0.4) is 0 Å². The summed E-state index contributed by atoms with van der Waals surface area (Å²) in [6, 6.07) is 10.3. The summed E-state index contributed by atoms with van der Waals surface area (Å²) in [6.07, 6.45) is 4.34. The molecule has 1 aromatic carbocycles. The Kier molecular flexibility index (Phi) is 2.81. The third-order valence-electron chi connectivity index (χ3n) is 1.98. The molecule has 2 aromatic rings. The van der Waals surface area contributed by atoms with Gasteiger partial charge in [0.15, 0.2) is 5.75 Å². The van der Waals surface area contributed by atoms with E-state index in [1.807, 2.05) is 18.2 Å². The third-order valence-corrected chi connectivity index (χ3v) is 1.98. The van der Waals surface area contributed by atoms with Crippen molar-refractivity contribution in [2.24, 2.45) is 0 Å². The molecular formula is C11H12N2O. The fraction of sp³-hybridized carbons (Fsp3) is 0.182. The molecule has 3 heteroatoms. The number of benzene rings is 1. The number of rotatable bonds is 4. The van der Waals surface area contributed by atoms with Crippen molar-refractivity contribution in [3.05, 3.63) is 48.3 Å². The molecule has 2 rings (SSSR count). The highest BCUT2D eigenvalue weighted by Crippen LogP contribution is 2.06. The first-order valence-corrected chi connectivity index (χ1v) is 4.60. The van der Waals surface area contributed by atoms with E-state index in [-0.39, 0.29) is 0 Å². The normalized spacial score (nSPS) is 10.0. The zero-order chi connectivity index (χ0) is 9.64. The minimum Gasteiger partial charge on any atom is -0.490 e. The summed E-state index contributed by atoms with van der Waals surface area (Å²) in [5.41, 5.74) is 1.29.